The van der Waals surface area contributed by atoms with Gasteiger partial charge in [0, 0.05) is 19.2 Å². The summed E-state index contributed by atoms with van der Waals surface area (Å²) in [5.74, 6) is 0.938. The summed E-state index contributed by atoms with van der Waals surface area (Å²) in [5.41, 5.74) is 0.456. The van der Waals surface area contributed by atoms with Crippen molar-refractivity contribution in [1.29, 1.82) is 0 Å². The van der Waals surface area contributed by atoms with E-state index in [-0.39, 0.29) is 0 Å². The van der Waals surface area contributed by atoms with Gasteiger partial charge in [-0.3, -0.25) is 0 Å². The first-order chi connectivity index (χ1) is 7.74. The quantitative estimate of drug-likeness (QED) is 0.754. The predicted molar refractivity (Wildman–Crippen MR) is 67.4 cm³/mol. The Hall–Kier alpha value is -0.0800. The number of aliphatic hydroxyl groups excluding tert-OH is 1. The Bertz CT molecular complexity index is 205. The van der Waals surface area contributed by atoms with Gasteiger partial charge in [0.1, 0.15) is 0 Å². The number of hydrogen-bond acceptors (Lipinski definition) is 2. The normalized spacial score (nSPS) is 33.4. The second kappa shape index (κ2) is 5.50. The lowest BCUT2D eigenvalue weighted by Gasteiger charge is -2.43. The highest BCUT2D eigenvalue weighted by Gasteiger charge is 2.36. The van der Waals surface area contributed by atoms with Crippen molar-refractivity contribution >= 4 is 0 Å². The molecule has 2 aliphatic carbocycles. The molecular weight excluding hydrogens is 198 g/mol. The molecule has 2 heteroatoms. The van der Waals surface area contributed by atoms with Crippen molar-refractivity contribution in [1.82, 2.24) is 5.32 Å². The van der Waals surface area contributed by atoms with Crippen molar-refractivity contribution in [2.45, 2.75) is 64.3 Å². The smallest absolute Gasteiger partial charge is 0.0436 e. The molecule has 0 aromatic carbocycles. The third-order valence-electron chi connectivity index (χ3n) is 4.84. The summed E-state index contributed by atoms with van der Waals surface area (Å²) in [4.78, 5) is 0. The molecule has 0 saturated heterocycles. The Labute approximate surface area is 99.8 Å². The van der Waals surface area contributed by atoms with E-state index in [0.717, 1.165) is 24.9 Å². The van der Waals surface area contributed by atoms with Crippen LogP contribution in [0, 0.1) is 11.3 Å². The van der Waals surface area contributed by atoms with Crippen molar-refractivity contribution in [2.75, 3.05) is 13.2 Å². The average molecular weight is 225 g/mol. The zero-order chi connectivity index (χ0) is 11.4. The van der Waals surface area contributed by atoms with Crippen LogP contribution in [0.2, 0.25) is 0 Å². The van der Waals surface area contributed by atoms with Crippen LogP contribution >= 0.6 is 0 Å². The maximum Gasteiger partial charge on any atom is 0.0436 e. The molecule has 0 atom stereocenters. The van der Waals surface area contributed by atoms with Crippen LogP contribution in [0.5, 0.6) is 0 Å². The molecule has 16 heavy (non-hydrogen) atoms. The second-order valence-electron chi connectivity index (χ2n) is 6.16. The lowest BCUT2D eigenvalue weighted by atomic mass is 9.66. The van der Waals surface area contributed by atoms with E-state index in [1.54, 1.807) is 0 Å². The van der Waals surface area contributed by atoms with Crippen LogP contribution in [0.15, 0.2) is 0 Å². The molecule has 0 spiro atoms. The average Bonchev–Trinajstić information content (AvgIpc) is 2.24. The molecule has 94 valence electrons. The summed E-state index contributed by atoms with van der Waals surface area (Å²) >= 11 is 0. The van der Waals surface area contributed by atoms with Gasteiger partial charge in [-0.05, 0) is 56.3 Å². The number of aliphatic hydroxyl groups is 1. The third kappa shape index (κ3) is 2.98. The molecule has 2 N–H and O–H groups in total. The van der Waals surface area contributed by atoms with Gasteiger partial charge in [-0.1, -0.05) is 13.3 Å². The fraction of sp³-hybridized carbons (Fsp3) is 1.00. The number of nitrogens with one attached hydrogen (secondary N) is 1. The first kappa shape index (κ1) is 12.4. The van der Waals surface area contributed by atoms with Crippen molar-refractivity contribution in [2.24, 2.45) is 11.3 Å². The topological polar surface area (TPSA) is 32.3 Å². The molecule has 0 aromatic rings. The molecule has 2 saturated carbocycles. The lowest BCUT2D eigenvalue weighted by Crippen LogP contribution is -2.45. The maximum absolute atomic E-state index is 9.11. The standard InChI is InChI=1S/C14H27NO/c1-12-3-5-13(6-4-12)15-11-14(9-10-16)7-2-8-14/h12-13,15-16H,2-11H2,1H3. The van der Waals surface area contributed by atoms with Crippen molar-refractivity contribution < 1.29 is 5.11 Å². The summed E-state index contributed by atoms with van der Waals surface area (Å²) in [6.07, 6.45) is 10.5. The van der Waals surface area contributed by atoms with Crippen LogP contribution in [0.25, 0.3) is 0 Å². The monoisotopic (exact) mass is 225 g/mol. The largest absolute Gasteiger partial charge is 0.396 e. The fourth-order valence-electron chi connectivity index (χ4n) is 3.25. The van der Waals surface area contributed by atoms with Gasteiger partial charge < -0.3 is 10.4 Å². The van der Waals surface area contributed by atoms with Gasteiger partial charge in [0.25, 0.3) is 0 Å². The van der Waals surface area contributed by atoms with Crippen LogP contribution < -0.4 is 5.32 Å². The van der Waals surface area contributed by atoms with Gasteiger partial charge in [0.2, 0.25) is 0 Å². The Morgan fingerprint density at radius 1 is 1.19 bits per heavy atom. The lowest BCUT2D eigenvalue weighted by molar-refractivity contribution is 0.0797. The summed E-state index contributed by atoms with van der Waals surface area (Å²) in [5, 5.41) is 12.9. The highest BCUT2D eigenvalue weighted by molar-refractivity contribution is 4.90. The Morgan fingerprint density at radius 2 is 1.88 bits per heavy atom. The number of rotatable bonds is 5. The van der Waals surface area contributed by atoms with E-state index in [2.05, 4.69) is 12.2 Å². The third-order valence-corrected chi connectivity index (χ3v) is 4.84. The number of hydrogen-bond donors (Lipinski definition) is 2. The molecular formula is C14H27NO. The molecule has 2 aliphatic rings. The van der Waals surface area contributed by atoms with Gasteiger partial charge in [-0.25, -0.2) is 0 Å². The first-order valence-electron chi connectivity index (χ1n) is 7.08. The predicted octanol–water partition coefficient (Wildman–Crippen LogP) is 2.71. The molecule has 0 aliphatic heterocycles. The zero-order valence-corrected chi connectivity index (χ0v) is 10.7. The molecule has 2 rings (SSSR count). The van der Waals surface area contributed by atoms with Crippen LogP contribution in [0.4, 0.5) is 0 Å². The van der Waals surface area contributed by atoms with E-state index in [1.165, 1.54) is 44.9 Å². The van der Waals surface area contributed by atoms with Gasteiger partial charge in [0.05, 0.1) is 0 Å². The minimum Gasteiger partial charge on any atom is -0.396 e. The van der Waals surface area contributed by atoms with Crippen LogP contribution in [-0.2, 0) is 0 Å². The van der Waals surface area contributed by atoms with Gasteiger partial charge in [-0.2, -0.15) is 0 Å². The Kier molecular flexibility index (Phi) is 4.26. The molecule has 0 bridgehead atoms. The SMILES string of the molecule is CC1CCC(NCC2(CCO)CCC2)CC1. The fourth-order valence-corrected chi connectivity index (χ4v) is 3.25. The van der Waals surface area contributed by atoms with Gasteiger partial charge in [-0.15, -0.1) is 0 Å². The highest BCUT2D eigenvalue weighted by Crippen LogP contribution is 2.43. The minimum atomic E-state index is 0.364. The summed E-state index contributed by atoms with van der Waals surface area (Å²) < 4.78 is 0. The first-order valence-corrected chi connectivity index (χ1v) is 7.08. The van der Waals surface area contributed by atoms with E-state index in [9.17, 15) is 0 Å². The minimum absolute atomic E-state index is 0.364. The molecule has 2 fully saturated rings. The van der Waals surface area contributed by atoms with Crippen molar-refractivity contribution in [3.8, 4) is 0 Å². The van der Waals surface area contributed by atoms with Crippen molar-refractivity contribution in [3.05, 3.63) is 0 Å². The van der Waals surface area contributed by atoms with E-state index in [0.29, 0.717) is 12.0 Å². The Balaban J connectivity index is 1.70. The molecule has 0 radical (unpaired) electrons. The molecule has 0 unspecified atom stereocenters. The molecule has 0 aromatic heterocycles. The summed E-state index contributed by atoms with van der Waals surface area (Å²) in [6, 6.07) is 0.757. The van der Waals surface area contributed by atoms with Gasteiger partial charge in [0.15, 0.2) is 0 Å². The maximum atomic E-state index is 9.11. The Morgan fingerprint density at radius 3 is 2.38 bits per heavy atom. The zero-order valence-electron chi connectivity index (χ0n) is 10.7. The molecule has 0 amide bonds. The highest BCUT2D eigenvalue weighted by atomic mass is 16.3. The van der Waals surface area contributed by atoms with Crippen LogP contribution in [0.1, 0.15) is 58.3 Å². The summed E-state index contributed by atoms with van der Waals surface area (Å²) in [6.45, 7) is 3.88. The van der Waals surface area contributed by atoms with E-state index in [4.69, 9.17) is 5.11 Å². The van der Waals surface area contributed by atoms with Crippen LogP contribution in [-0.4, -0.2) is 24.3 Å². The second-order valence-corrected chi connectivity index (χ2v) is 6.16. The molecule has 0 heterocycles. The van der Waals surface area contributed by atoms with Crippen molar-refractivity contribution in [3.63, 3.8) is 0 Å². The van der Waals surface area contributed by atoms with Gasteiger partial charge >= 0.3 is 0 Å². The summed E-state index contributed by atoms with van der Waals surface area (Å²) in [7, 11) is 0. The van der Waals surface area contributed by atoms with Crippen LogP contribution in [0.3, 0.4) is 0 Å². The molecule has 2 nitrogen and oxygen atoms in total. The van der Waals surface area contributed by atoms with E-state index in [1.807, 2.05) is 0 Å². The van der Waals surface area contributed by atoms with E-state index < -0.39 is 0 Å². The van der Waals surface area contributed by atoms with E-state index >= 15 is 0 Å².